The van der Waals surface area contributed by atoms with Crippen LogP contribution in [0, 0.1) is 6.92 Å². The third-order valence-corrected chi connectivity index (χ3v) is 7.53. The Hall–Kier alpha value is -2.44. The fourth-order valence-electron chi connectivity index (χ4n) is 3.35. The summed E-state index contributed by atoms with van der Waals surface area (Å²) in [5.41, 5.74) is 1.65. The molecule has 31 heavy (non-hydrogen) atoms. The van der Waals surface area contributed by atoms with E-state index in [1.165, 1.54) is 24.3 Å². The summed E-state index contributed by atoms with van der Waals surface area (Å²) in [5, 5.41) is 12.3. The van der Waals surface area contributed by atoms with E-state index in [2.05, 4.69) is 4.72 Å². The maximum atomic E-state index is 13.1. The van der Waals surface area contributed by atoms with E-state index in [4.69, 9.17) is 34.8 Å². The minimum absolute atomic E-state index is 0.00779. The Morgan fingerprint density at radius 2 is 1.55 bits per heavy atom. The van der Waals surface area contributed by atoms with E-state index in [1.807, 2.05) is 31.2 Å². The lowest BCUT2D eigenvalue weighted by Crippen LogP contribution is -2.14. The maximum Gasteiger partial charge on any atom is 0.261 e. The largest absolute Gasteiger partial charge is 0.507 e. The minimum Gasteiger partial charge on any atom is -0.507 e. The van der Waals surface area contributed by atoms with Gasteiger partial charge in [0.1, 0.15) is 5.75 Å². The van der Waals surface area contributed by atoms with Crippen molar-refractivity contribution in [3.63, 3.8) is 0 Å². The predicted octanol–water partition coefficient (Wildman–Crippen LogP) is 7.28. The third-order valence-electron chi connectivity index (χ3n) is 4.91. The van der Waals surface area contributed by atoms with Gasteiger partial charge in [-0.05, 0) is 42.0 Å². The molecule has 0 aliphatic rings. The van der Waals surface area contributed by atoms with Gasteiger partial charge in [0.2, 0.25) is 0 Å². The molecule has 4 aromatic carbocycles. The lowest BCUT2D eigenvalue weighted by Gasteiger charge is -2.18. The first-order valence-electron chi connectivity index (χ1n) is 9.17. The SMILES string of the molecule is Cc1ccc(S(=O)(=O)Nc2c(-c3c(O)ccc4ccccc34)cc(Cl)c(Cl)c2Cl)cc1. The second kappa shape index (κ2) is 8.24. The number of anilines is 1. The molecule has 0 radical (unpaired) electrons. The number of benzene rings is 4. The van der Waals surface area contributed by atoms with Crippen LogP contribution in [0.5, 0.6) is 5.75 Å². The summed E-state index contributed by atoms with van der Waals surface area (Å²) in [7, 11) is -4.00. The van der Waals surface area contributed by atoms with E-state index >= 15 is 0 Å². The number of aryl methyl sites for hydroxylation is 1. The number of nitrogens with one attached hydrogen (secondary N) is 1. The Balaban J connectivity index is 1.98. The van der Waals surface area contributed by atoms with Crippen LogP contribution in [0.15, 0.2) is 71.6 Å². The van der Waals surface area contributed by atoms with Crippen LogP contribution in [-0.4, -0.2) is 13.5 Å². The van der Waals surface area contributed by atoms with Gasteiger partial charge in [-0.1, -0.05) is 82.8 Å². The summed E-state index contributed by atoms with van der Waals surface area (Å²) < 4.78 is 28.7. The van der Waals surface area contributed by atoms with Crippen molar-refractivity contribution in [1.82, 2.24) is 0 Å². The molecule has 2 N–H and O–H groups in total. The number of phenolic OH excluding ortho intramolecular Hbond substituents is 1. The number of rotatable bonds is 4. The summed E-state index contributed by atoms with van der Waals surface area (Å²) >= 11 is 19.0. The van der Waals surface area contributed by atoms with Gasteiger partial charge in [-0.2, -0.15) is 0 Å². The topological polar surface area (TPSA) is 66.4 Å². The number of hydrogen-bond acceptors (Lipinski definition) is 3. The standard InChI is InChI=1S/C23H16Cl3NO3S/c1-13-6-9-15(10-7-13)31(29,30)27-23-17(12-18(24)21(25)22(23)26)20-16-5-3-2-4-14(16)8-11-19(20)28/h2-12,27-28H,1H3. The molecule has 0 bridgehead atoms. The zero-order valence-corrected chi connectivity index (χ0v) is 19.2. The Kier molecular flexibility index (Phi) is 5.79. The van der Waals surface area contributed by atoms with Gasteiger partial charge < -0.3 is 5.11 Å². The fourth-order valence-corrected chi connectivity index (χ4v) is 5.15. The predicted molar refractivity (Wildman–Crippen MR) is 128 cm³/mol. The molecular formula is C23H16Cl3NO3S. The molecule has 0 amide bonds. The molecule has 4 nitrogen and oxygen atoms in total. The van der Waals surface area contributed by atoms with E-state index < -0.39 is 10.0 Å². The van der Waals surface area contributed by atoms with Gasteiger partial charge in [-0.15, -0.1) is 0 Å². The van der Waals surface area contributed by atoms with E-state index in [0.29, 0.717) is 16.5 Å². The van der Waals surface area contributed by atoms with Gasteiger partial charge in [0, 0.05) is 11.1 Å². The summed E-state index contributed by atoms with van der Waals surface area (Å²) in [4.78, 5) is 0.0633. The van der Waals surface area contributed by atoms with Crippen molar-refractivity contribution in [3.05, 3.63) is 87.4 Å². The summed E-state index contributed by atoms with van der Waals surface area (Å²) in [6.45, 7) is 1.86. The number of aromatic hydroxyl groups is 1. The molecule has 0 saturated carbocycles. The summed E-state index contributed by atoms with van der Waals surface area (Å²) in [5.74, 6) is -0.0519. The molecule has 4 rings (SSSR count). The molecule has 158 valence electrons. The van der Waals surface area contributed by atoms with Crippen molar-refractivity contribution in [3.8, 4) is 16.9 Å². The molecule has 0 aromatic heterocycles. The van der Waals surface area contributed by atoms with Gasteiger partial charge in [-0.3, -0.25) is 4.72 Å². The van der Waals surface area contributed by atoms with Gasteiger partial charge in [0.05, 0.1) is 25.7 Å². The van der Waals surface area contributed by atoms with Crippen molar-refractivity contribution < 1.29 is 13.5 Å². The van der Waals surface area contributed by atoms with E-state index in [0.717, 1.165) is 10.9 Å². The molecular weight excluding hydrogens is 477 g/mol. The van der Waals surface area contributed by atoms with E-state index in [-0.39, 0.29) is 31.4 Å². The molecule has 4 aromatic rings. The van der Waals surface area contributed by atoms with Crippen LogP contribution in [0.25, 0.3) is 21.9 Å². The number of fused-ring (bicyclic) bond motifs is 1. The second-order valence-electron chi connectivity index (χ2n) is 7.01. The lowest BCUT2D eigenvalue weighted by molar-refractivity contribution is 0.478. The minimum atomic E-state index is -4.00. The van der Waals surface area contributed by atoms with Crippen LogP contribution in [0.1, 0.15) is 5.56 Å². The molecule has 0 heterocycles. The summed E-state index contributed by atoms with van der Waals surface area (Å²) in [6, 6.07) is 18.6. The molecule has 0 unspecified atom stereocenters. The molecule has 0 atom stereocenters. The van der Waals surface area contributed by atoms with Gasteiger partial charge in [-0.25, -0.2) is 8.42 Å². The summed E-state index contributed by atoms with van der Waals surface area (Å²) in [6.07, 6.45) is 0. The Morgan fingerprint density at radius 1 is 0.871 bits per heavy atom. The zero-order valence-electron chi connectivity index (χ0n) is 16.2. The average Bonchev–Trinajstić information content (AvgIpc) is 2.74. The smallest absolute Gasteiger partial charge is 0.261 e. The van der Waals surface area contributed by atoms with Gasteiger partial charge >= 0.3 is 0 Å². The van der Waals surface area contributed by atoms with Crippen LogP contribution in [0.4, 0.5) is 5.69 Å². The number of hydrogen-bond donors (Lipinski definition) is 2. The fraction of sp³-hybridized carbons (Fsp3) is 0.0435. The van der Waals surface area contributed by atoms with Crippen LogP contribution in [-0.2, 0) is 10.0 Å². The first-order chi connectivity index (χ1) is 14.7. The van der Waals surface area contributed by atoms with Crippen LogP contribution >= 0.6 is 34.8 Å². The number of phenols is 1. The third kappa shape index (κ3) is 4.06. The molecule has 8 heteroatoms. The zero-order chi connectivity index (χ0) is 22.3. The highest BCUT2D eigenvalue weighted by Gasteiger charge is 2.24. The first kappa shape index (κ1) is 21.8. The van der Waals surface area contributed by atoms with Gasteiger partial charge in [0.15, 0.2) is 0 Å². The highest BCUT2D eigenvalue weighted by atomic mass is 35.5. The van der Waals surface area contributed by atoms with Crippen molar-refractivity contribution in [2.75, 3.05) is 4.72 Å². The van der Waals surface area contributed by atoms with Crippen LogP contribution in [0.2, 0.25) is 15.1 Å². The number of sulfonamides is 1. The Bertz CT molecular complexity index is 1420. The molecule has 0 saturated heterocycles. The lowest BCUT2D eigenvalue weighted by atomic mass is 9.96. The first-order valence-corrected chi connectivity index (χ1v) is 11.8. The Labute approximate surface area is 195 Å². The van der Waals surface area contributed by atoms with Crippen molar-refractivity contribution in [2.24, 2.45) is 0 Å². The molecule has 0 aliphatic heterocycles. The van der Waals surface area contributed by atoms with Crippen LogP contribution in [0.3, 0.4) is 0 Å². The molecule has 0 spiro atoms. The van der Waals surface area contributed by atoms with Crippen molar-refractivity contribution in [1.29, 1.82) is 0 Å². The van der Waals surface area contributed by atoms with E-state index in [9.17, 15) is 13.5 Å². The normalized spacial score (nSPS) is 11.6. The monoisotopic (exact) mass is 491 g/mol. The highest BCUT2D eigenvalue weighted by Crippen LogP contribution is 2.48. The molecule has 0 aliphatic carbocycles. The second-order valence-corrected chi connectivity index (χ2v) is 9.85. The average molecular weight is 493 g/mol. The maximum absolute atomic E-state index is 13.1. The number of halogens is 3. The van der Waals surface area contributed by atoms with Crippen LogP contribution < -0.4 is 4.72 Å². The highest BCUT2D eigenvalue weighted by molar-refractivity contribution is 7.92. The molecule has 0 fully saturated rings. The van der Waals surface area contributed by atoms with Crippen molar-refractivity contribution >= 4 is 61.3 Å². The van der Waals surface area contributed by atoms with Gasteiger partial charge in [0.25, 0.3) is 10.0 Å². The van der Waals surface area contributed by atoms with E-state index in [1.54, 1.807) is 18.2 Å². The van der Waals surface area contributed by atoms with Crippen molar-refractivity contribution in [2.45, 2.75) is 11.8 Å². The quantitative estimate of drug-likeness (QED) is 0.294. The Morgan fingerprint density at radius 3 is 2.26 bits per heavy atom.